The number of hydrogen-bond donors (Lipinski definition) is 2. The molecule has 1 aromatic rings. The number of aryl methyl sites for hydroxylation is 1. The molecule has 0 saturated heterocycles. The molecule has 0 fully saturated rings. The minimum Gasteiger partial charge on any atom is -0.477 e. The van der Waals surface area contributed by atoms with Crippen molar-refractivity contribution in [3.63, 3.8) is 0 Å². The molecule has 0 saturated carbocycles. The van der Waals surface area contributed by atoms with Gasteiger partial charge in [-0.1, -0.05) is 12.1 Å². The molecule has 2 N–H and O–H groups in total. The molecule has 7 heteroatoms. The maximum atomic E-state index is 13.5. The highest BCUT2D eigenvalue weighted by Crippen LogP contribution is 2.31. The number of halogens is 2. The van der Waals surface area contributed by atoms with E-state index in [4.69, 9.17) is 9.84 Å². The van der Waals surface area contributed by atoms with Gasteiger partial charge in [-0.2, -0.15) is 8.78 Å². The highest BCUT2D eigenvalue weighted by molar-refractivity contribution is 5.86. The number of anilines is 1. The van der Waals surface area contributed by atoms with Gasteiger partial charge < -0.3 is 9.84 Å². The smallest absolute Gasteiger partial charge is 0.412 e. The first-order valence-electron chi connectivity index (χ1n) is 6.16. The van der Waals surface area contributed by atoms with E-state index in [0.29, 0.717) is 5.56 Å². The van der Waals surface area contributed by atoms with Crippen LogP contribution in [0.2, 0.25) is 0 Å². The summed E-state index contributed by atoms with van der Waals surface area (Å²) >= 11 is 0. The van der Waals surface area contributed by atoms with Crippen molar-refractivity contribution in [1.29, 1.82) is 0 Å². The fourth-order valence-electron chi connectivity index (χ4n) is 1.49. The summed E-state index contributed by atoms with van der Waals surface area (Å²) in [5.41, 5.74) is -0.874. The molecule has 0 aliphatic rings. The van der Waals surface area contributed by atoms with E-state index in [9.17, 15) is 18.4 Å². The quantitative estimate of drug-likeness (QED) is 0.895. The zero-order chi connectivity index (χ0) is 16.4. The second-order valence-corrected chi connectivity index (χ2v) is 5.54. The van der Waals surface area contributed by atoms with E-state index in [2.05, 4.69) is 5.32 Å². The Labute approximate surface area is 120 Å². The normalized spacial score (nSPS) is 11.9. The van der Waals surface area contributed by atoms with Gasteiger partial charge in [0, 0.05) is 11.3 Å². The maximum Gasteiger partial charge on any atom is 0.412 e. The van der Waals surface area contributed by atoms with Crippen LogP contribution in [-0.2, 0) is 15.5 Å². The zero-order valence-electron chi connectivity index (χ0n) is 12.2. The van der Waals surface area contributed by atoms with Crippen LogP contribution in [0.15, 0.2) is 18.2 Å². The van der Waals surface area contributed by atoms with E-state index in [-0.39, 0.29) is 5.69 Å². The Kier molecular flexibility index (Phi) is 4.56. The number of hydrogen-bond acceptors (Lipinski definition) is 3. The van der Waals surface area contributed by atoms with Crippen LogP contribution in [0.3, 0.4) is 0 Å². The van der Waals surface area contributed by atoms with Gasteiger partial charge >= 0.3 is 18.0 Å². The Bertz CT molecular complexity index is 565. The number of carbonyl (C=O) groups is 2. The summed E-state index contributed by atoms with van der Waals surface area (Å²) in [4.78, 5) is 22.2. The number of carboxylic acids is 1. The molecule has 0 bridgehead atoms. The Morgan fingerprint density at radius 3 is 2.29 bits per heavy atom. The number of alkyl halides is 2. The van der Waals surface area contributed by atoms with Crippen molar-refractivity contribution in [3.8, 4) is 0 Å². The van der Waals surface area contributed by atoms with E-state index in [1.807, 2.05) is 0 Å². The number of nitrogens with one attached hydrogen (secondary N) is 1. The third-order valence-electron chi connectivity index (χ3n) is 2.50. The van der Waals surface area contributed by atoms with Gasteiger partial charge in [-0.15, -0.1) is 0 Å². The summed E-state index contributed by atoms with van der Waals surface area (Å²) in [6, 6.07) is 3.23. The molecule has 116 valence electrons. The van der Waals surface area contributed by atoms with E-state index >= 15 is 0 Å². The summed E-state index contributed by atoms with van der Waals surface area (Å²) < 4.78 is 31.9. The van der Waals surface area contributed by atoms with Crippen molar-refractivity contribution in [2.24, 2.45) is 0 Å². The molecule has 1 amide bonds. The number of amides is 1. The summed E-state index contributed by atoms with van der Waals surface area (Å²) in [5, 5.41) is 10.9. The number of aliphatic carboxylic acids is 1. The Balaban J connectivity index is 3.04. The molecule has 0 aromatic heterocycles. The van der Waals surface area contributed by atoms with Crippen LogP contribution in [0.4, 0.5) is 19.3 Å². The third-order valence-corrected chi connectivity index (χ3v) is 2.50. The first-order chi connectivity index (χ1) is 9.43. The fourth-order valence-corrected chi connectivity index (χ4v) is 1.49. The third kappa shape index (κ3) is 4.40. The van der Waals surface area contributed by atoms with Crippen molar-refractivity contribution >= 4 is 17.7 Å². The number of carbonyl (C=O) groups excluding carboxylic acids is 1. The molecule has 1 aromatic carbocycles. The molecule has 0 radical (unpaired) electrons. The van der Waals surface area contributed by atoms with Crippen molar-refractivity contribution in [2.75, 3.05) is 5.32 Å². The van der Waals surface area contributed by atoms with Gasteiger partial charge in [-0.25, -0.2) is 9.59 Å². The predicted molar refractivity (Wildman–Crippen MR) is 72.6 cm³/mol. The molecule has 1 rings (SSSR count). The van der Waals surface area contributed by atoms with E-state index in [1.54, 1.807) is 27.7 Å². The topological polar surface area (TPSA) is 75.6 Å². The van der Waals surface area contributed by atoms with E-state index < -0.39 is 29.1 Å². The van der Waals surface area contributed by atoms with E-state index in [1.165, 1.54) is 6.07 Å². The zero-order valence-corrected chi connectivity index (χ0v) is 12.2. The summed E-state index contributed by atoms with van der Waals surface area (Å²) in [6.07, 6.45) is -0.804. The molecule has 0 spiro atoms. The molecule has 5 nitrogen and oxygen atoms in total. The Morgan fingerprint density at radius 2 is 1.81 bits per heavy atom. The first-order valence-corrected chi connectivity index (χ1v) is 6.16. The van der Waals surface area contributed by atoms with Crippen LogP contribution in [-0.4, -0.2) is 22.8 Å². The molecule has 0 unspecified atom stereocenters. The van der Waals surface area contributed by atoms with Gasteiger partial charge in [0.15, 0.2) is 0 Å². The van der Waals surface area contributed by atoms with Gasteiger partial charge in [0.25, 0.3) is 0 Å². The average Bonchev–Trinajstić information content (AvgIpc) is 2.29. The second kappa shape index (κ2) is 5.67. The van der Waals surface area contributed by atoms with Gasteiger partial charge in [0.05, 0.1) is 0 Å². The number of ether oxygens (including phenoxy) is 1. The molecular formula is C14H17F2NO4. The highest BCUT2D eigenvalue weighted by Gasteiger charge is 2.41. The first kappa shape index (κ1) is 16.9. The van der Waals surface area contributed by atoms with Crippen molar-refractivity contribution < 1.29 is 28.2 Å². The maximum absolute atomic E-state index is 13.5. The minimum absolute atomic E-state index is 0.0719. The number of benzene rings is 1. The Morgan fingerprint density at radius 1 is 1.24 bits per heavy atom. The molecule has 0 aliphatic heterocycles. The van der Waals surface area contributed by atoms with Crippen molar-refractivity contribution in [2.45, 2.75) is 39.2 Å². The van der Waals surface area contributed by atoms with Crippen LogP contribution < -0.4 is 5.32 Å². The lowest BCUT2D eigenvalue weighted by Gasteiger charge is -2.21. The standard InChI is InChI=1S/C14H17F2NO4/c1-8-5-6-9(14(15,16)11(18)19)7-10(8)17-12(20)21-13(2,3)4/h5-7H,1-4H3,(H,17,20)(H,18,19). The lowest BCUT2D eigenvalue weighted by molar-refractivity contribution is -0.166. The van der Waals surface area contributed by atoms with Gasteiger partial charge in [-0.05, 0) is 39.3 Å². The highest BCUT2D eigenvalue weighted by atomic mass is 19.3. The number of rotatable bonds is 3. The van der Waals surface area contributed by atoms with Crippen LogP contribution in [0.5, 0.6) is 0 Å². The fraction of sp³-hybridized carbons (Fsp3) is 0.429. The van der Waals surface area contributed by atoms with Crippen LogP contribution in [0.25, 0.3) is 0 Å². The number of carboxylic acid groups (broad SMARTS) is 1. The van der Waals surface area contributed by atoms with Crippen LogP contribution in [0.1, 0.15) is 31.9 Å². The van der Waals surface area contributed by atoms with Gasteiger partial charge in [0.1, 0.15) is 5.60 Å². The molecular weight excluding hydrogens is 284 g/mol. The molecule has 0 atom stereocenters. The summed E-state index contributed by atoms with van der Waals surface area (Å²) in [5.74, 6) is -6.28. The van der Waals surface area contributed by atoms with E-state index in [0.717, 1.165) is 12.1 Å². The predicted octanol–water partition coefficient (Wildman–Crippen LogP) is 3.52. The SMILES string of the molecule is Cc1ccc(C(F)(F)C(=O)O)cc1NC(=O)OC(C)(C)C. The lowest BCUT2D eigenvalue weighted by Crippen LogP contribution is -2.28. The van der Waals surface area contributed by atoms with Crippen molar-refractivity contribution in [3.05, 3.63) is 29.3 Å². The van der Waals surface area contributed by atoms with Crippen LogP contribution in [0, 0.1) is 6.92 Å². The molecule has 0 heterocycles. The molecule has 21 heavy (non-hydrogen) atoms. The second-order valence-electron chi connectivity index (χ2n) is 5.54. The van der Waals surface area contributed by atoms with Crippen LogP contribution >= 0.6 is 0 Å². The Hall–Kier alpha value is -2.18. The average molecular weight is 301 g/mol. The summed E-state index contributed by atoms with van der Waals surface area (Å²) in [6.45, 7) is 6.58. The van der Waals surface area contributed by atoms with Gasteiger partial charge in [0.2, 0.25) is 0 Å². The van der Waals surface area contributed by atoms with Crippen molar-refractivity contribution in [1.82, 2.24) is 0 Å². The monoisotopic (exact) mass is 301 g/mol. The largest absolute Gasteiger partial charge is 0.477 e. The molecule has 0 aliphatic carbocycles. The minimum atomic E-state index is -4.03. The van der Waals surface area contributed by atoms with Gasteiger partial charge in [-0.3, -0.25) is 5.32 Å². The summed E-state index contributed by atoms with van der Waals surface area (Å²) in [7, 11) is 0. The lowest BCUT2D eigenvalue weighted by atomic mass is 10.0.